The van der Waals surface area contributed by atoms with Crippen LogP contribution in [-0.4, -0.2) is 36.5 Å². The van der Waals surface area contributed by atoms with Gasteiger partial charge in [-0.2, -0.15) is 0 Å². The highest BCUT2D eigenvalue weighted by Crippen LogP contribution is 2.16. The molecule has 0 saturated carbocycles. The fourth-order valence-corrected chi connectivity index (χ4v) is 6.34. The Morgan fingerprint density at radius 3 is 1.57 bits per heavy atom. The summed E-state index contributed by atoms with van der Waals surface area (Å²) >= 11 is 4.48. The summed E-state index contributed by atoms with van der Waals surface area (Å²) < 4.78 is 36.2. The molecule has 8 heteroatoms. The van der Waals surface area contributed by atoms with Crippen LogP contribution >= 0.6 is 0 Å². The second kappa shape index (κ2) is 6.11. The van der Waals surface area contributed by atoms with Crippen molar-refractivity contribution in [3.63, 3.8) is 0 Å². The van der Waals surface area contributed by atoms with Crippen molar-refractivity contribution < 1.29 is 22.0 Å². The summed E-state index contributed by atoms with van der Waals surface area (Å²) in [5.41, 5.74) is 0. The number of rotatable bonds is 7. The first-order valence-corrected chi connectivity index (χ1v) is 9.21. The van der Waals surface area contributed by atoms with E-state index in [0.29, 0.717) is 0 Å². The molecule has 0 aromatic heterocycles. The smallest absolute Gasteiger partial charge is 0.363 e. The molecule has 14 heavy (non-hydrogen) atoms. The molecule has 0 spiro atoms. The van der Waals surface area contributed by atoms with Gasteiger partial charge in [-0.15, -0.1) is 0 Å². The lowest BCUT2D eigenvalue weighted by Crippen LogP contribution is -2.53. The lowest BCUT2D eigenvalue weighted by molar-refractivity contribution is 0.0924. The van der Waals surface area contributed by atoms with Crippen molar-refractivity contribution in [3.8, 4) is 0 Å². The highest BCUT2D eigenvalue weighted by molar-refractivity contribution is 8.46. The summed E-state index contributed by atoms with van der Waals surface area (Å²) in [6, 6.07) is 0. The summed E-state index contributed by atoms with van der Waals surface area (Å²) in [6.07, 6.45) is 0. The largest absolute Gasteiger partial charge is 0.634 e. The minimum absolute atomic E-state index is 0.237. The molecule has 0 aromatic carbocycles. The van der Waals surface area contributed by atoms with E-state index < -0.39 is 16.2 Å². The van der Waals surface area contributed by atoms with Crippen LogP contribution in [-0.2, 0) is 32.7 Å². The summed E-state index contributed by atoms with van der Waals surface area (Å²) in [7, 11) is -7.21. The molecule has 5 nitrogen and oxygen atoms in total. The molecule has 0 bridgehead atoms. The fraction of sp³-hybridized carbons (Fsp3) is 1.00. The van der Waals surface area contributed by atoms with E-state index in [2.05, 4.69) is 11.2 Å². The van der Waals surface area contributed by atoms with Gasteiger partial charge in [0.1, 0.15) is 0 Å². The van der Waals surface area contributed by atoms with Gasteiger partial charge in [-0.05, 0) is 20.8 Å². The van der Waals surface area contributed by atoms with Gasteiger partial charge in [0, 0.05) is 31.0 Å². The number of hydrogen-bond donors (Lipinski definition) is 1. The van der Waals surface area contributed by atoms with Crippen molar-refractivity contribution in [2.24, 2.45) is 0 Å². The molecule has 0 fully saturated rings. The van der Waals surface area contributed by atoms with Gasteiger partial charge in [-0.3, -0.25) is 0 Å². The molecule has 0 rings (SSSR count). The van der Waals surface area contributed by atoms with E-state index in [-0.39, 0.29) is 19.8 Å². The molecule has 0 aromatic rings. The summed E-state index contributed by atoms with van der Waals surface area (Å²) in [5.74, 6) is 0. The van der Waals surface area contributed by atoms with Crippen molar-refractivity contribution in [2.75, 3.05) is 19.8 Å². The predicted octanol–water partition coefficient (Wildman–Crippen LogP) is 0.751. The van der Waals surface area contributed by atoms with E-state index in [0.717, 1.165) is 0 Å². The second-order valence-electron chi connectivity index (χ2n) is 2.27. The Morgan fingerprint density at radius 1 is 1.14 bits per heavy atom. The monoisotopic (exact) mass is 260 g/mol. The lowest BCUT2D eigenvalue weighted by Gasteiger charge is -2.26. The fourth-order valence-electron chi connectivity index (χ4n) is 0.879. The van der Waals surface area contributed by atoms with Gasteiger partial charge in [-0.25, -0.2) is 4.21 Å². The van der Waals surface area contributed by atoms with Crippen LogP contribution in [0.1, 0.15) is 20.8 Å². The van der Waals surface area contributed by atoms with Crippen LogP contribution < -0.4 is 0 Å². The average Bonchev–Trinajstić information content (AvgIpc) is 2.03. The molecule has 0 saturated heterocycles. The van der Waals surface area contributed by atoms with Crippen molar-refractivity contribution in [1.29, 1.82) is 0 Å². The SMILES string of the molecule is CCO[Si](OCC)(OCC)S(=O)(O)=S. The first kappa shape index (κ1) is 14.4. The molecule has 1 atom stereocenters. The zero-order chi connectivity index (χ0) is 11.2. The summed E-state index contributed by atoms with van der Waals surface area (Å²) in [6.45, 7) is 5.79. The normalized spacial score (nSPS) is 16.6. The standard InChI is InChI=1S/C6H16O5S2Si/c1-4-9-14(10-5-2,11-6-3)13(7,8)12/h4-6H2,1-3H3,(H,7,8,12). The predicted molar refractivity (Wildman–Crippen MR) is 58.8 cm³/mol. The van der Waals surface area contributed by atoms with Crippen LogP contribution in [0.15, 0.2) is 0 Å². The Morgan fingerprint density at radius 2 is 1.43 bits per heavy atom. The van der Waals surface area contributed by atoms with E-state index >= 15 is 0 Å². The molecule has 1 unspecified atom stereocenters. The molecule has 0 heterocycles. The Hall–Kier alpha value is 0.427. The Bertz CT molecular complexity index is 236. The molecule has 0 amide bonds. The Kier molecular flexibility index (Phi) is 6.29. The molecule has 0 radical (unpaired) electrons. The average molecular weight is 260 g/mol. The van der Waals surface area contributed by atoms with Gasteiger partial charge in [0.2, 0.25) is 8.22 Å². The minimum Gasteiger partial charge on any atom is -0.363 e. The van der Waals surface area contributed by atoms with E-state index in [1.807, 2.05) is 0 Å². The molecule has 0 aliphatic carbocycles. The third-order valence-electron chi connectivity index (χ3n) is 1.28. The van der Waals surface area contributed by atoms with E-state index in [9.17, 15) is 8.76 Å². The zero-order valence-corrected chi connectivity index (χ0v) is 11.2. The highest BCUT2D eigenvalue weighted by Gasteiger charge is 2.52. The van der Waals surface area contributed by atoms with Crippen molar-refractivity contribution in [1.82, 2.24) is 0 Å². The van der Waals surface area contributed by atoms with Gasteiger partial charge in [0.15, 0.2) is 0 Å². The lowest BCUT2D eigenvalue weighted by atomic mass is 10.9. The summed E-state index contributed by atoms with van der Waals surface area (Å²) in [4.78, 5) is 0. The molecule has 0 aliphatic rings. The van der Waals surface area contributed by atoms with E-state index in [1.165, 1.54) is 0 Å². The Balaban J connectivity index is 4.93. The molecular weight excluding hydrogens is 244 g/mol. The first-order valence-electron chi connectivity index (χ1n) is 4.32. The van der Waals surface area contributed by atoms with Crippen LogP contribution in [0.4, 0.5) is 0 Å². The van der Waals surface area contributed by atoms with Crippen LogP contribution in [0, 0.1) is 0 Å². The highest BCUT2D eigenvalue weighted by atomic mass is 32.9. The summed E-state index contributed by atoms with van der Waals surface area (Å²) in [5, 5.41) is 0. The molecule has 0 aliphatic heterocycles. The van der Waals surface area contributed by atoms with Crippen molar-refractivity contribution >= 4 is 27.4 Å². The topological polar surface area (TPSA) is 65.0 Å². The molecule has 86 valence electrons. The maximum absolute atomic E-state index is 11.4. The van der Waals surface area contributed by atoms with Gasteiger partial charge in [0.25, 0.3) is 0 Å². The van der Waals surface area contributed by atoms with Crippen LogP contribution in [0.3, 0.4) is 0 Å². The van der Waals surface area contributed by atoms with Crippen molar-refractivity contribution in [2.45, 2.75) is 20.8 Å². The van der Waals surface area contributed by atoms with Crippen molar-refractivity contribution in [3.05, 3.63) is 0 Å². The van der Waals surface area contributed by atoms with Crippen LogP contribution in [0.5, 0.6) is 0 Å². The van der Waals surface area contributed by atoms with Gasteiger partial charge in [0.05, 0.1) is 0 Å². The van der Waals surface area contributed by atoms with Crippen LogP contribution in [0.2, 0.25) is 0 Å². The second-order valence-corrected chi connectivity index (χ2v) is 10.5. The quantitative estimate of drug-likeness (QED) is 0.682. The van der Waals surface area contributed by atoms with Gasteiger partial charge < -0.3 is 17.8 Å². The Labute approximate surface area is 90.3 Å². The van der Waals surface area contributed by atoms with Crippen LogP contribution in [0.25, 0.3) is 0 Å². The van der Waals surface area contributed by atoms with Gasteiger partial charge in [-0.1, -0.05) is 0 Å². The third kappa shape index (κ3) is 3.53. The maximum atomic E-state index is 11.4. The molecule has 1 N–H and O–H groups in total. The molecular formula is C6H16O5S2Si. The maximum Gasteiger partial charge on any atom is 0.634 e. The van der Waals surface area contributed by atoms with E-state index in [1.54, 1.807) is 20.8 Å². The zero-order valence-electron chi connectivity index (χ0n) is 8.52. The third-order valence-corrected chi connectivity index (χ3v) is 8.63. The van der Waals surface area contributed by atoms with Gasteiger partial charge >= 0.3 is 7.95 Å². The first-order chi connectivity index (χ1) is 6.43. The minimum atomic E-state index is -3.61. The van der Waals surface area contributed by atoms with E-state index in [4.69, 9.17) is 13.3 Å². The number of hydrogen-bond acceptors (Lipinski definition) is 5.